The molecule has 0 bridgehead atoms. The molecule has 0 aliphatic rings. The van der Waals surface area contributed by atoms with Gasteiger partial charge in [0, 0.05) is 16.4 Å². The number of nitrogens with one attached hydrogen (secondary N) is 3. The van der Waals surface area contributed by atoms with E-state index in [0.29, 0.717) is 28.1 Å². The maximum Gasteiger partial charge on any atom is 0.343 e. The maximum absolute atomic E-state index is 12.4. The van der Waals surface area contributed by atoms with Crippen molar-refractivity contribution in [1.29, 1.82) is 5.41 Å². The van der Waals surface area contributed by atoms with Crippen LogP contribution in [0, 0.1) is 5.41 Å². The van der Waals surface area contributed by atoms with Crippen molar-refractivity contribution < 1.29 is 24.2 Å². The van der Waals surface area contributed by atoms with E-state index in [9.17, 15) is 14.4 Å². The Morgan fingerprint density at radius 3 is 2.32 bits per heavy atom. The minimum Gasteiger partial charge on any atom is -0.481 e. The molecule has 0 aliphatic carbocycles. The zero-order valence-corrected chi connectivity index (χ0v) is 18.6. The van der Waals surface area contributed by atoms with Crippen LogP contribution in [-0.4, -0.2) is 28.9 Å². The molecule has 0 aromatic heterocycles. The van der Waals surface area contributed by atoms with Gasteiger partial charge in [-0.1, -0.05) is 29.8 Å². The van der Waals surface area contributed by atoms with Crippen LogP contribution in [0.1, 0.15) is 21.5 Å². The Morgan fingerprint density at radius 2 is 1.68 bits per heavy atom. The van der Waals surface area contributed by atoms with E-state index in [1.807, 2.05) is 0 Å². The van der Waals surface area contributed by atoms with E-state index in [1.165, 1.54) is 24.3 Å². The molecular weight excluding hydrogens is 460 g/mol. The number of halogens is 1. The lowest BCUT2D eigenvalue weighted by Gasteiger charge is -2.10. The second-order valence-electron chi connectivity index (χ2n) is 7.25. The number of aliphatic carboxylic acids is 1. The number of rotatable bonds is 8. The fourth-order valence-corrected chi connectivity index (χ4v) is 3.30. The number of carbonyl (C=O) groups excluding carboxylic acids is 2. The van der Waals surface area contributed by atoms with Gasteiger partial charge in [-0.25, -0.2) is 4.79 Å². The smallest absolute Gasteiger partial charge is 0.343 e. The van der Waals surface area contributed by atoms with E-state index in [2.05, 4.69) is 10.6 Å². The predicted octanol–water partition coefficient (Wildman–Crippen LogP) is 3.67. The molecule has 6 N–H and O–H groups in total. The average molecular weight is 481 g/mol. The van der Waals surface area contributed by atoms with Gasteiger partial charge in [0.1, 0.15) is 5.75 Å². The normalized spacial score (nSPS) is 10.3. The first-order chi connectivity index (χ1) is 16.2. The lowest BCUT2D eigenvalue weighted by atomic mass is 10.1. The number of hydrogen-bond donors (Lipinski definition) is 5. The van der Waals surface area contributed by atoms with Gasteiger partial charge in [-0.05, 0) is 59.7 Å². The molecular formula is C24H21ClN4O5. The van der Waals surface area contributed by atoms with Crippen LogP contribution < -0.4 is 21.1 Å². The predicted molar refractivity (Wildman–Crippen MR) is 129 cm³/mol. The summed E-state index contributed by atoms with van der Waals surface area (Å²) < 4.78 is 5.34. The monoisotopic (exact) mass is 480 g/mol. The summed E-state index contributed by atoms with van der Waals surface area (Å²) in [5.41, 5.74) is 7.69. The minimum absolute atomic E-state index is 0.0270. The fourth-order valence-electron chi connectivity index (χ4n) is 3.06. The van der Waals surface area contributed by atoms with E-state index < -0.39 is 11.9 Å². The van der Waals surface area contributed by atoms with Gasteiger partial charge in [0.15, 0.2) is 5.96 Å². The summed E-state index contributed by atoms with van der Waals surface area (Å²) in [7, 11) is 0. The third-order valence-corrected chi connectivity index (χ3v) is 4.90. The molecule has 10 heteroatoms. The van der Waals surface area contributed by atoms with Crippen molar-refractivity contribution in [2.75, 3.05) is 10.6 Å². The third kappa shape index (κ3) is 7.07. The highest BCUT2D eigenvalue weighted by molar-refractivity contribution is 6.31. The Morgan fingerprint density at radius 1 is 0.941 bits per heavy atom. The Kier molecular flexibility index (Phi) is 7.83. The number of carboxylic acids is 1. The van der Waals surface area contributed by atoms with Crippen LogP contribution >= 0.6 is 11.6 Å². The number of guanidine groups is 1. The van der Waals surface area contributed by atoms with Gasteiger partial charge >= 0.3 is 11.9 Å². The van der Waals surface area contributed by atoms with Crippen LogP contribution in [0.25, 0.3) is 0 Å². The van der Waals surface area contributed by atoms with Crippen molar-refractivity contribution in [2.45, 2.75) is 12.8 Å². The summed E-state index contributed by atoms with van der Waals surface area (Å²) in [4.78, 5) is 35.6. The minimum atomic E-state index is -0.960. The van der Waals surface area contributed by atoms with E-state index in [4.69, 9.17) is 32.6 Å². The van der Waals surface area contributed by atoms with Crippen LogP contribution in [0.4, 0.5) is 11.4 Å². The maximum atomic E-state index is 12.4. The fraction of sp³-hybridized carbons (Fsp3) is 0.0833. The average Bonchev–Trinajstić information content (AvgIpc) is 2.75. The highest BCUT2D eigenvalue weighted by Gasteiger charge is 2.13. The summed E-state index contributed by atoms with van der Waals surface area (Å²) in [6, 6.07) is 17.4. The van der Waals surface area contributed by atoms with Gasteiger partial charge < -0.3 is 26.2 Å². The van der Waals surface area contributed by atoms with Crippen LogP contribution in [-0.2, 0) is 22.4 Å². The van der Waals surface area contributed by atoms with Crippen LogP contribution in [0.5, 0.6) is 5.75 Å². The summed E-state index contributed by atoms with van der Waals surface area (Å²) in [6.07, 6.45) is -0.171. The second-order valence-corrected chi connectivity index (χ2v) is 7.66. The zero-order valence-electron chi connectivity index (χ0n) is 17.8. The third-order valence-electron chi connectivity index (χ3n) is 4.55. The van der Waals surface area contributed by atoms with Crippen LogP contribution in [0.3, 0.4) is 0 Å². The number of benzene rings is 3. The number of amides is 1. The van der Waals surface area contributed by atoms with Gasteiger partial charge in [-0.2, -0.15) is 0 Å². The van der Waals surface area contributed by atoms with E-state index >= 15 is 0 Å². The van der Waals surface area contributed by atoms with Crippen molar-refractivity contribution in [2.24, 2.45) is 5.73 Å². The molecule has 0 fully saturated rings. The van der Waals surface area contributed by atoms with Crippen molar-refractivity contribution in [1.82, 2.24) is 0 Å². The molecule has 174 valence electrons. The van der Waals surface area contributed by atoms with Crippen molar-refractivity contribution in [3.8, 4) is 5.75 Å². The van der Waals surface area contributed by atoms with Gasteiger partial charge in [-0.15, -0.1) is 0 Å². The SMILES string of the molecule is N=C(N)Nc1ccc(C(=O)Oc2ccc(CC(=O)Nc3cccc(CC(=O)O)c3)c(Cl)c2)cc1. The highest BCUT2D eigenvalue weighted by atomic mass is 35.5. The molecule has 0 spiro atoms. The first-order valence-corrected chi connectivity index (χ1v) is 10.4. The Balaban J connectivity index is 1.60. The molecule has 1 amide bonds. The molecule has 0 heterocycles. The van der Waals surface area contributed by atoms with E-state index in [-0.39, 0.29) is 35.5 Å². The largest absolute Gasteiger partial charge is 0.481 e. The van der Waals surface area contributed by atoms with Crippen LogP contribution in [0.15, 0.2) is 66.7 Å². The molecule has 0 radical (unpaired) electrons. The molecule has 0 atom stereocenters. The lowest BCUT2D eigenvalue weighted by molar-refractivity contribution is -0.136. The topological polar surface area (TPSA) is 155 Å². The van der Waals surface area contributed by atoms with Gasteiger partial charge in [0.2, 0.25) is 5.91 Å². The number of nitrogens with two attached hydrogens (primary N) is 1. The molecule has 0 unspecified atom stereocenters. The Bertz CT molecular complexity index is 1240. The molecule has 0 saturated heterocycles. The lowest BCUT2D eigenvalue weighted by Crippen LogP contribution is -2.20. The Hall–Kier alpha value is -4.37. The van der Waals surface area contributed by atoms with E-state index in [1.54, 1.807) is 42.5 Å². The van der Waals surface area contributed by atoms with Gasteiger partial charge in [-0.3, -0.25) is 15.0 Å². The number of hydrogen-bond acceptors (Lipinski definition) is 5. The zero-order chi connectivity index (χ0) is 24.7. The number of carboxylic acid groups (broad SMARTS) is 1. The molecule has 0 saturated carbocycles. The Labute approximate surface area is 200 Å². The molecule has 34 heavy (non-hydrogen) atoms. The van der Waals surface area contributed by atoms with Crippen molar-refractivity contribution in [3.05, 3.63) is 88.4 Å². The first-order valence-electron chi connectivity index (χ1n) is 10.0. The summed E-state index contributed by atoms with van der Waals surface area (Å²) in [6.45, 7) is 0. The summed E-state index contributed by atoms with van der Waals surface area (Å²) >= 11 is 6.28. The van der Waals surface area contributed by atoms with Crippen LogP contribution in [0.2, 0.25) is 5.02 Å². The molecule has 3 rings (SSSR count). The van der Waals surface area contributed by atoms with E-state index in [0.717, 1.165) is 0 Å². The quantitative estimate of drug-likeness (QED) is 0.142. The molecule has 9 nitrogen and oxygen atoms in total. The number of esters is 1. The molecule has 3 aromatic carbocycles. The van der Waals surface area contributed by atoms with Gasteiger partial charge in [0.25, 0.3) is 0 Å². The van der Waals surface area contributed by atoms with Gasteiger partial charge in [0.05, 0.1) is 18.4 Å². The second kappa shape index (κ2) is 11.0. The molecule has 3 aromatic rings. The summed E-state index contributed by atoms with van der Waals surface area (Å²) in [5, 5.41) is 21.7. The van der Waals surface area contributed by atoms with Crippen molar-refractivity contribution in [3.63, 3.8) is 0 Å². The van der Waals surface area contributed by atoms with Crippen molar-refractivity contribution >= 4 is 46.8 Å². The number of carbonyl (C=O) groups is 3. The molecule has 0 aliphatic heterocycles. The first kappa shape index (κ1) is 24.3. The number of ether oxygens (including phenoxy) is 1. The summed E-state index contributed by atoms with van der Waals surface area (Å²) in [5.74, 6) is -1.90. The highest BCUT2D eigenvalue weighted by Crippen LogP contribution is 2.24. The standard InChI is InChI=1S/C24H21ClN4O5/c25-20-13-19(34-23(33)15-4-7-17(8-5-15)29-24(26)27)9-6-16(20)12-21(30)28-18-3-1-2-14(10-18)11-22(31)32/h1-10,13H,11-12H2,(H,28,30)(H,31,32)(H4,26,27,29). The number of anilines is 2.